The Labute approximate surface area is 170 Å². The van der Waals surface area contributed by atoms with Crippen molar-refractivity contribution in [2.75, 3.05) is 18.8 Å². The zero-order valence-corrected chi connectivity index (χ0v) is 16.4. The standard InChI is InChI=1S/C19H17ClN4O3S/c20-14-5-3-12(4-6-14)17-22-23-19(27-17)28-11-16(25)13-9-15(21-10-13)18(26)24-7-1-2-8-24/h3-6,9-10,21H,1-2,7-8,11H2. The van der Waals surface area contributed by atoms with Crippen LogP contribution in [0.25, 0.3) is 11.5 Å². The molecule has 0 spiro atoms. The number of ketones is 1. The van der Waals surface area contributed by atoms with Gasteiger partial charge in [-0.15, -0.1) is 10.2 Å². The highest BCUT2D eigenvalue weighted by Crippen LogP contribution is 2.25. The molecule has 0 aliphatic carbocycles. The molecule has 0 saturated carbocycles. The van der Waals surface area contributed by atoms with E-state index in [9.17, 15) is 9.59 Å². The van der Waals surface area contributed by atoms with Crippen LogP contribution in [0.5, 0.6) is 0 Å². The van der Waals surface area contributed by atoms with Crippen molar-refractivity contribution in [3.63, 3.8) is 0 Å². The van der Waals surface area contributed by atoms with Crippen LogP contribution in [0.2, 0.25) is 5.02 Å². The summed E-state index contributed by atoms with van der Waals surface area (Å²) in [7, 11) is 0. The number of H-pyrrole nitrogens is 1. The van der Waals surface area contributed by atoms with Gasteiger partial charge in [-0.2, -0.15) is 0 Å². The van der Waals surface area contributed by atoms with Crippen molar-refractivity contribution in [2.45, 2.75) is 18.1 Å². The summed E-state index contributed by atoms with van der Waals surface area (Å²) in [6, 6.07) is 8.66. The van der Waals surface area contributed by atoms with Crippen LogP contribution in [-0.2, 0) is 0 Å². The first-order valence-corrected chi connectivity index (χ1v) is 10.2. The molecule has 4 rings (SSSR count). The van der Waals surface area contributed by atoms with E-state index in [4.69, 9.17) is 16.0 Å². The molecule has 1 aliphatic rings. The molecule has 0 atom stereocenters. The lowest BCUT2D eigenvalue weighted by Crippen LogP contribution is -2.27. The van der Waals surface area contributed by atoms with E-state index in [1.54, 1.807) is 41.4 Å². The maximum absolute atomic E-state index is 12.4. The number of Topliss-reactive ketones (excluding diaryl/α,β-unsaturated/α-hetero) is 1. The van der Waals surface area contributed by atoms with Crippen molar-refractivity contribution in [1.29, 1.82) is 0 Å². The maximum atomic E-state index is 12.4. The number of nitrogens with zero attached hydrogens (tertiary/aromatic N) is 3. The van der Waals surface area contributed by atoms with Gasteiger partial charge in [0.15, 0.2) is 5.78 Å². The SMILES string of the molecule is O=C(CSc1nnc(-c2ccc(Cl)cc2)o1)c1c[nH]c(C(=O)N2CCCC2)c1. The third-order valence-corrected chi connectivity index (χ3v) is 5.52. The van der Waals surface area contributed by atoms with Crippen molar-refractivity contribution in [3.8, 4) is 11.5 Å². The average molecular weight is 417 g/mol. The summed E-state index contributed by atoms with van der Waals surface area (Å²) < 4.78 is 5.58. The molecule has 1 aromatic carbocycles. The predicted molar refractivity (Wildman–Crippen MR) is 106 cm³/mol. The molecule has 1 fully saturated rings. The van der Waals surface area contributed by atoms with E-state index in [2.05, 4.69) is 15.2 Å². The summed E-state index contributed by atoms with van der Waals surface area (Å²) in [6.07, 6.45) is 3.62. The van der Waals surface area contributed by atoms with Gasteiger partial charge in [0.2, 0.25) is 5.89 Å². The number of nitrogens with one attached hydrogen (secondary N) is 1. The quantitative estimate of drug-likeness (QED) is 0.483. The Morgan fingerprint density at radius 1 is 1.18 bits per heavy atom. The number of hydrogen-bond donors (Lipinski definition) is 1. The van der Waals surface area contributed by atoms with E-state index in [-0.39, 0.29) is 17.4 Å². The Kier molecular flexibility index (Phi) is 5.50. The van der Waals surface area contributed by atoms with Crippen LogP contribution in [0.1, 0.15) is 33.7 Å². The Morgan fingerprint density at radius 2 is 1.93 bits per heavy atom. The van der Waals surface area contributed by atoms with Crippen molar-refractivity contribution >= 4 is 35.1 Å². The summed E-state index contributed by atoms with van der Waals surface area (Å²) in [5.41, 5.74) is 1.66. The van der Waals surface area contributed by atoms with Crippen molar-refractivity contribution in [2.24, 2.45) is 0 Å². The van der Waals surface area contributed by atoms with E-state index >= 15 is 0 Å². The first-order valence-electron chi connectivity index (χ1n) is 8.83. The Hall–Kier alpha value is -2.58. The molecule has 1 N–H and O–H groups in total. The number of halogens is 1. The Balaban J connectivity index is 1.36. The lowest BCUT2D eigenvalue weighted by Gasteiger charge is -2.13. The molecule has 28 heavy (non-hydrogen) atoms. The number of rotatable bonds is 6. The van der Waals surface area contributed by atoms with Gasteiger partial charge >= 0.3 is 0 Å². The van der Waals surface area contributed by atoms with Gasteiger partial charge in [-0.05, 0) is 43.2 Å². The summed E-state index contributed by atoms with van der Waals surface area (Å²) >= 11 is 7.03. The Morgan fingerprint density at radius 3 is 2.68 bits per heavy atom. The van der Waals surface area contributed by atoms with E-state index < -0.39 is 0 Å². The molecule has 2 aromatic heterocycles. The highest BCUT2D eigenvalue weighted by atomic mass is 35.5. The summed E-state index contributed by atoms with van der Waals surface area (Å²) in [6.45, 7) is 1.54. The number of benzene rings is 1. The summed E-state index contributed by atoms with van der Waals surface area (Å²) in [4.78, 5) is 29.5. The van der Waals surface area contributed by atoms with E-state index in [1.807, 2.05) is 0 Å². The molecule has 3 aromatic rings. The molecule has 144 valence electrons. The van der Waals surface area contributed by atoms with Crippen LogP contribution >= 0.6 is 23.4 Å². The third-order valence-electron chi connectivity index (χ3n) is 4.45. The van der Waals surface area contributed by atoms with Gasteiger partial charge < -0.3 is 14.3 Å². The largest absolute Gasteiger partial charge is 0.411 e. The monoisotopic (exact) mass is 416 g/mol. The van der Waals surface area contributed by atoms with E-state index in [1.165, 1.54) is 0 Å². The van der Waals surface area contributed by atoms with Crippen LogP contribution < -0.4 is 0 Å². The summed E-state index contributed by atoms with van der Waals surface area (Å²) in [5.74, 6) is 0.325. The molecule has 0 unspecified atom stereocenters. The van der Waals surface area contributed by atoms with Crippen molar-refractivity contribution in [1.82, 2.24) is 20.1 Å². The molecular weight excluding hydrogens is 400 g/mol. The van der Waals surface area contributed by atoms with Gasteiger partial charge in [0.25, 0.3) is 11.1 Å². The number of hydrogen-bond acceptors (Lipinski definition) is 6. The van der Waals surface area contributed by atoms with Crippen LogP contribution in [-0.4, -0.2) is 50.6 Å². The fourth-order valence-electron chi connectivity index (χ4n) is 2.96. The molecule has 9 heteroatoms. The lowest BCUT2D eigenvalue weighted by molar-refractivity contribution is 0.0787. The number of carbonyl (C=O) groups is 2. The second-order valence-electron chi connectivity index (χ2n) is 6.39. The van der Waals surface area contributed by atoms with Crippen molar-refractivity contribution < 1.29 is 14.0 Å². The molecule has 1 aliphatic heterocycles. The number of aromatic amines is 1. The van der Waals surface area contributed by atoms with Crippen LogP contribution in [0, 0.1) is 0 Å². The van der Waals surface area contributed by atoms with Gasteiger partial charge in [0.1, 0.15) is 5.69 Å². The zero-order chi connectivity index (χ0) is 19.5. The van der Waals surface area contributed by atoms with Gasteiger partial charge in [-0.1, -0.05) is 23.4 Å². The summed E-state index contributed by atoms with van der Waals surface area (Å²) in [5, 5.41) is 8.88. The van der Waals surface area contributed by atoms with E-state index in [0.717, 1.165) is 43.3 Å². The smallest absolute Gasteiger partial charge is 0.277 e. The fraction of sp³-hybridized carbons (Fsp3) is 0.263. The van der Waals surface area contributed by atoms with Crippen LogP contribution in [0.4, 0.5) is 0 Å². The lowest BCUT2D eigenvalue weighted by atomic mass is 10.2. The predicted octanol–water partition coefficient (Wildman–Crippen LogP) is 3.93. The molecule has 0 bridgehead atoms. The molecule has 1 saturated heterocycles. The average Bonchev–Trinajstić information content (AvgIpc) is 3.48. The number of carbonyl (C=O) groups excluding carboxylic acids is 2. The first kappa shape index (κ1) is 18.8. The number of amides is 1. The topological polar surface area (TPSA) is 92.1 Å². The van der Waals surface area contributed by atoms with Gasteiger partial charge in [-0.3, -0.25) is 9.59 Å². The van der Waals surface area contributed by atoms with E-state index in [0.29, 0.717) is 27.4 Å². The van der Waals surface area contributed by atoms with Crippen LogP contribution in [0.15, 0.2) is 46.2 Å². The molecule has 7 nitrogen and oxygen atoms in total. The third kappa shape index (κ3) is 4.13. The van der Waals surface area contributed by atoms with Gasteiger partial charge in [-0.25, -0.2) is 0 Å². The van der Waals surface area contributed by atoms with Crippen LogP contribution in [0.3, 0.4) is 0 Å². The second kappa shape index (κ2) is 8.20. The highest BCUT2D eigenvalue weighted by molar-refractivity contribution is 7.99. The number of likely N-dealkylation sites (tertiary alicyclic amines) is 1. The molecular formula is C19H17ClN4O3S. The Bertz CT molecular complexity index is 993. The second-order valence-corrected chi connectivity index (χ2v) is 7.76. The number of aromatic nitrogens is 3. The molecule has 3 heterocycles. The zero-order valence-electron chi connectivity index (χ0n) is 14.9. The normalized spacial score (nSPS) is 13.8. The minimum atomic E-state index is -0.118. The number of thioether (sulfide) groups is 1. The fourth-order valence-corrected chi connectivity index (χ4v) is 3.74. The van der Waals surface area contributed by atoms with Gasteiger partial charge in [0.05, 0.1) is 5.75 Å². The first-order chi connectivity index (χ1) is 13.6. The van der Waals surface area contributed by atoms with Gasteiger partial charge in [0, 0.05) is 35.4 Å². The highest BCUT2D eigenvalue weighted by Gasteiger charge is 2.22. The maximum Gasteiger partial charge on any atom is 0.277 e. The minimum absolute atomic E-state index is 0.0614. The molecule has 0 radical (unpaired) electrons. The molecule has 1 amide bonds. The minimum Gasteiger partial charge on any atom is -0.411 e. The van der Waals surface area contributed by atoms with Crippen molar-refractivity contribution in [3.05, 3.63) is 52.8 Å².